The SMILES string of the molecule is Cl.O=C(O)c1ncc2nccnc2n1. The first kappa shape index (κ1) is 10.3. The fourth-order valence-corrected chi connectivity index (χ4v) is 0.873. The van der Waals surface area contributed by atoms with Crippen molar-refractivity contribution < 1.29 is 9.90 Å². The molecule has 0 bridgehead atoms. The molecule has 2 rings (SSSR count). The predicted molar refractivity (Wildman–Crippen MR) is 49.3 cm³/mol. The molecule has 0 atom stereocenters. The number of fused-ring (bicyclic) bond motifs is 1. The summed E-state index contributed by atoms with van der Waals surface area (Å²) in [5, 5.41) is 8.57. The summed E-state index contributed by atoms with van der Waals surface area (Å²) in [6, 6.07) is 0. The maximum Gasteiger partial charge on any atom is 0.374 e. The number of hydrogen-bond donors (Lipinski definition) is 1. The van der Waals surface area contributed by atoms with Crippen molar-refractivity contribution >= 4 is 29.5 Å². The molecular weight excluding hydrogens is 208 g/mol. The first-order valence-electron chi connectivity index (χ1n) is 3.44. The highest BCUT2D eigenvalue weighted by atomic mass is 35.5. The summed E-state index contributed by atoms with van der Waals surface area (Å²) in [7, 11) is 0. The van der Waals surface area contributed by atoms with Gasteiger partial charge in [-0.3, -0.25) is 0 Å². The van der Waals surface area contributed by atoms with E-state index in [9.17, 15) is 4.79 Å². The molecule has 1 N–H and O–H groups in total. The van der Waals surface area contributed by atoms with Crippen LogP contribution in [0.15, 0.2) is 18.6 Å². The number of nitrogens with zero attached hydrogens (tertiary/aromatic N) is 4. The van der Waals surface area contributed by atoms with Crippen LogP contribution in [0.3, 0.4) is 0 Å². The maximum absolute atomic E-state index is 10.5. The Bertz CT molecular complexity index is 476. The van der Waals surface area contributed by atoms with E-state index in [-0.39, 0.29) is 23.9 Å². The van der Waals surface area contributed by atoms with Gasteiger partial charge in [0, 0.05) is 12.4 Å². The monoisotopic (exact) mass is 212 g/mol. The largest absolute Gasteiger partial charge is 0.475 e. The Morgan fingerprint density at radius 2 is 1.93 bits per heavy atom. The van der Waals surface area contributed by atoms with Crippen LogP contribution in [0.2, 0.25) is 0 Å². The van der Waals surface area contributed by atoms with Crippen LogP contribution in [0.25, 0.3) is 11.2 Å². The van der Waals surface area contributed by atoms with Gasteiger partial charge >= 0.3 is 5.97 Å². The Balaban J connectivity index is 0.000000980. The number of rotatable bonds is 1. The van der Waals surface area contributed by atoms with E-state index in [4.69, 9.17) is 5.11 Å². The van der Waals surface area contributed by atoms with Gasteiger partial charge in [-0.2, -0.15) is 0 Å². The van der Waals surface area contributed by atoms with Crippen molar-refractivity contribution in [2.24, 2.45) is 0 Å². The second kappa shape index (κ2) is 3.93. The molecule has 2 aromatic rings. The molecule has 0 aliphatic heterocycles. The average Bonchev–Trinajstić information content (AvgIpc) is 2.17. The van der Waals surface area contributed by atoms with Crippen molar-refractivity contribution in [3.05, 3.63) is 24.4 Å². The van der Waals surface area contributed by atoms with Gasteiger partial charge in [-0.25, -0.2) is 24.7 Å². The van der Waals surface area contributed by atoms with Gasteiger partial charge < -0.3 is 5.11 Å². The van der Waals surface area contributed by atoms with Gasteiger partial charge in [-0.1, -0.05) is 0 Å². The molecule has 0 aliphatic rings. The zero-order valence-electron chi connectivity index (χ0n) is 6.78. The molecule has 6 nitrogen and oxygen atoms in total. The zero-order valence-corrected chi connectivity index (χ0v) is 7.60. The van der Waals surface area contributed by atoms with E-state index in [0.717, 1.165) is 0 Å². The van der Waals surface area contributed by atoms with Crippen molar-refractivity contribution in [1.29, 1.82) is 0 Å². The second-order valence-electron chi connectivity index (χ2n) is 2.26. The lowest BCUT2D eigenvalue weighted by Gasteiger charge is -1.94. The summed E-state index contributed by atoms with van der Waals surface area (Å²) in [6.45, 7) is 0. The van der Waals surface area contributed by atoms with Gasteiger partial charge in [-0.05, 0) is 0 Å². The summed E-state index contributed by atoms with van der Waals surface area (Å²) in [5.41, 5.74) is 0.766. The summed E-state index contributed by atoms with van der Waals surface area (Å²) in [6.07, 6.45) is 4.27. The predicted octanol–water partition coefficient (Wildman–Crippen LogP) is 0.540. The smallest absolute Gasteiger partial charge is 0.374 e. The molecule has 7 heteroatoms. The van der Waals surface area contributed by atoms with E-state index in [0.29, 0.717) is 5.52 Å². The molecule has 2 heterocycles. The number of aromatic nitrogens is 4. The molecule has 0 saturated carbocycles. The van der Waals surface area contributed by atoms with E-state index in [1.165, 1.54) is 18.6 Å². The highest BCUT2D eigenvalue weighted by Crippen LogP contribution is 2.02. The number of carbonyl (C=O) groups is 1. The van der Waals surface area contributed by atoms with Crippen molar-refractivity contribution in [1.82, 2.24) is 19.9 Å². The normalized spacial score (nSPS) is 9.43. The topological polar surface area (TPSA) is 88.9 Å². The highest BCUT2D eigenvalue weighted by Gasteiger charge is 2.07. The standard InChI is InChI=1S/C7H4N4O2.ClH/c12-7(13)6-10-3-4-5(11-6)9-2-1-8-4;/h1-3H,(H,12,13);1H. The molecule has 14 heavy (non-hydrogen) atoms. The summed E-state index contributed by atoms with van der Waals surface area (Å²) in [5.74, 6) is -1.44. The van der Waals surface area contributed by atoms with Crippen LogP contribution in [0.1, 0.15) is 10.6 Å². The lowest BCUT2D eigenvalue weighted by Crippen LogP contribution is -2.04. The van der Waals surface area contributed by atoms with E-state index in [1.54, 1.807) is 0 Å². The van der Waals surface area contributed by atoms with Gasteiger partial charge in [0.1, 0.15) is 5.52 Å². The summed E-state index contributed by atoms with van der Waals surface area (Å²) < 4.78 is 0. The number of hydrogen-bond acceptors (Lipinski definition) is 5. The zero-order chi connectivity index (χ0) is 9.26. The number of carboxylic acids is 1. The molecule has 2 aromatic heterocycles. The van der Waals surface area contributed by atoms with Gasteiger partial charge in [0.15, 0.2) is 5.65 Å². The van der Waals surface area contributed by atoms with E-state index < -0.39 is 5.97 Å². The summed E-state index contributed by atoms with van der Waals surface area (Å²) >= 11 is 0. The van der Waals surface area contributed by atoms with Gasteiger partial charge in [0.25, 0.3) is 0 Å². The van der Waals surface area contributed by atoms with Crippen LogP contribution in [-0.2, 0) is 0 Å². The Labute approximate surface area is 84.5 Å². The van der Waals surface area contributed by atoms with Gasteiger partial charge in [0.2, 0.25) is 5.82 Å². The lowest BCUT2D eigenvalue weighted by atomic mass is 10.5. The lowest BCUT2D eigenvalue weighted by molar-refractivity contribution is 0.0684. The molecule has 0 aromatic carbocycles. The molecule has 0 unspecified atom stereocenters. The molecule has 0 amide bonds. The van der Waals surface area contributed by atoms with Gasteiger partial charge in [-0.15, -0.1) is 12.4 Å². The molecule has 72 valence electrons. The van der Waals surface area contributed by atoms with Crippen LogP contribution in [0.4, 0.5) is 0 Å². The quantitative estimate of drug-likeness (QED) is 0.742. The molecule has 0 fully saturated rings. The minimum Gasteiger partial charge on any atom is -0.475 e. The van der Waals surface area contributed by atoms with Gasteiger partial charge in [0.05, 0.1) is 6.20 Å². The molecule has 0 spiro atoms. The number of aromatic carboxylic acids is 1. The minimum absolute atomic E-state index is 0. The molecule has 0 aliphatic carbocycles. The van der Waals surface area contributed by atoms with E-state index >= 15 is 0 Å². The maximum atomic E-state index is 10.5. The first-order valence-corrected chi connectivity index (χ1v) is 3.44. The third-order valence-corrected chi connectivity index (χ3v) is 1.42. The molecule has 0 saturated heterocycles. The highest BCUT2D eigenvalue weighted by molar-refractivity contribution is 5.85. The van der Waals surface area contributed by atoms with E-state index in [1.807, 2.05) is 0 Å². The Morgan fingerprint density at radius 1 is 1.21 bits per heavy atom. The Hall–Kier alpha value is -1.82. The van der Waals surface area contributed by atoms with Crippen LogP contribution in [0.5, 0.6) is 0 Å². The van der Waals surface area contributed by atoms with Crippen LogP contribution >= 0.6 is 12.4 Å². The first-order chi connectivity index (χ1) is 6.27. The number of carboxylic acid groups (broad SMARTS) is 1. The third kappa shape index (κ3) is 1.74. The molecular formula is C7H5ClN4O2. The van der Waals surface area contributed by atoms with Crippen molar-refractivity contribution in [3.63, 3.8) is 0 Å². The van der Waals surface area contributed by atoms with Crippen molar-refractivity contribution in [2.45, 2.75) is 0 Å². The third-order valence-electron chi connectivity index (χ3n) is 1.42. The fourth-order valence-electron chi connectivity index (χ4n) is 0.873. The minimum atomic E-state index is -1.17. The Morgan fingerprint density at radius 3 is 2.64 bits per heavy atom. The van der Waals surface area contributed by atoms with Crippen LogP contribution < -0.4 is 0 Å². The average molecular weight is 213 g/mol. The van der Waals surface area contributed by atoms with Crippen LogP contribution in [-0.4, -0.2) is 31.0 Å². The summed E-state index contributed by atoms with van der Waals surface area (Å²) in [4.78, 5) is 25.5. The molecule has 0 radical (unpaired) electrons. The number of halogens is 1. The van der Waals surface area contributed by atoms with Crippen molar-refractivity contribution in [2.75, 3.05) is 0 Å². The second-order valence-corrected chi connectivity index (χ2v) is 2.26. The Kier molecular flexibility index (Phi) is 2.88. The van der Waals surface area contributed by atoms with E-state index in [2.05, 4.69) is 19.9 Å². The fraction of sp³-hybridized carbons (Fsp3) is 0. The van der Waals surface area contributed by atoms with Crippen LogP contribution in [0, 0.1) is 0 Å². The van der Waals surface area contributed by atoms with Crippen molar-refractivity contribution in [3.8, 4) is 0 Å².